The highest BCUT2D eigenvalue weighted by Gasteiger charge is 2.17. The van der Waals surface area contributed by atoms with E-state index in [-0.39, 0.29) is 11.8 Å². The molecule has 5 nitrogen and oxygen atoms in total. The average Bonchev–Trinajstić information content (AvgIpc) is 3.10. The molecule has 2 amide bonds. The molecule has 1 aromatic rings. The van der Waals surface area contributed by atoms with Crippen LogP contribution in [0.3, 0.4) is 0 Å². The zero-order valence-electron chi connectivity index (χ0n) is 13.9. The SMILES string of the molecule is O=C(CC1C=CCC1)Nc1ccc(CC(=O)N2CCOCC2)cc1. The van der Waals surface area contributed by atoms with Gasteiger partial charge in [0.05, 0.1) is 19.6 Å². The molecule has 1 aromatic carbocycles. The van der Waals surface area contributed by atoms with Gasteiger partial charge in [0.1, 0.15) is 0 Å². The van der Waals surface area contributed by atoms with Gasteiger partial charge in [-0.15, -0.1) is 0 Å². The van der Waals surface area contributed by atoms with Crippen LogP contribution in [0.2, 0.25) is 0 Å². The standard InChI is InChI=1S/C19H24N2O3/c22-18(13-15-3-1-2-4-15)20-17-7-5-16(6-8-17)14-19(23)21-9-11-24-12-10-21/h1,3,5-8,15H,2,4,9-14H2,(H,20,22). The van der Waals surface area contributed by atoms with E-state index in [9.17, 15) is 9.59 Å². The number of hydrogen-bond acceptors (Lipinski definition) is 3. The summed E-state index contributed by atoms with van der Waals surface area (Å²) in [7, 11) is 0. The molecule has 128 valence electrons. The van der Waals surface area contributed by atoms with Crippen LogP contribution in [0.25, 0.3) is 0 Å². The predicted molar refractivity (Wildman–Crippen MR) is 92.7 cm³/mol. The first-order valence-electron chi connectivity index (χ1n) is 8.62. The summed E-state index contributed by atoms with van der Waals surface area (Å²) < 4.78 is 5.26. The molecule has 3 rings (SSSR count). The van der Waals surface area contributed by atoms with Crippen LogP contribution in [0.1, 0.15) is 24.8 Å². The van der Waals surface area contributed by atoms with E-state index < -0.39 is 0 Å². The highest BCUT2D eigenvalue weighted by Crippen LogP contribution is 2.21. The number of nitrogens with one attached hydrogen (secondary N) is 1. The van der Waals surface area contributed by atoms with Crippen molar-refractivity contribution in [1.29, 1.82) is 0 Å². The number of allylic oxidation sites excluding steroid dienone is 2. The largest absolute Gasteiger partial charge is 0.378 e. The smallest absolute Gasteiger partial charge is 0.227 e. The van der Waals surface area contributed by atoms with Crippen LogP contribution in [0.5, 0.6) is 0 Å². The number of morpholine rings is 1. The van der Waals surface area contributed by atoms with Gasteiger partial charge in [0.25, 0.3) is 0 Å². The Hall–Kier alpha value is -2.14. The summed E-state index contributed by atoms with van der Waals surface area (Å²) in [5, 5.41) is 2.93. The van der Waals surface area contributed by atoms with Crippen molar-refractivity contribution in [2.75, 3.05) is 31.6 Å². The number of carbonyl (C=O) groups is 2. The quantitative estimate of drug-likeness (QED) is 0.844. The molecule has 0 bridgehead atoms. The minimum atomic E-state index is 0.0451. The predicted octanol–water partition coefficient (Wildman–Crippen LogP) is 2.38. The Kier molecular flexibility index (Phi) is 5.64. The van der Waals surface area contributed by atoms with Crippen LogP contribution < -0.4 is 5.32 Å². The summed E-state index contributed by atoms with van der Waals surface area (Å²) in [5.41, 5.74) is 1.74. The first kappa shape index (κ1) is 16.7. The van der Waals surface area contributed by atoms with Crippen molar-refractivity contribution in [3.8, 4) is 0 Å². The fourth-order valence-electron chi connectivity index (χ4n) is 3.12. The van der Waals surface area contributed by atoms with Gasteiger partial charge in [-0.1, -0.05) is 24.3 Å². The molecule has 2 aliphatic rings. The molecule has 0 radical (unpaired) electrons. The van der Waals surface area contributed by atoms with E-state index in [2.05, 4.69) is 17.5 Å². The van der Waals surface area contributed by atoms with Gasteiger partial charge in [-0.2, -0.15) is 0 Å². The van der Waals surface area contributed by atoms with E-state index >= 15 is 0 Å². The van der Waals surface area contributed by atoms with Crippen molar-refractivity contribution >= 4 is 17.5 Å². The maximum atomic E-state index is 12.2. The molecule has 1 heterocycles. The van der Waals surface area contributed by atoms with Gasteiger partial charge in [-0.25, -0.2) is 0 Å². The topological polar surface area (TPSA) is 58.6 Å². The van der Waals surface area contributed by atoms with Gasteiger partial charge >= 0.3 is 0 Å². The van der Waals surface area contributed by atoms with Gasteiger partial charge < -0.3 is 15.0 Å². The molecule has 0 aromatic heterocycles. The maximum Gasteiger partial charge on any atom is 0.227 e. The van der Waals surface area contributed by atoms with E-state index in [1.54, 1.807) is 0 Å². The minimum Gasteiger partial charge on any atom is -0.378 e. The number of amides is 2. The van der Waals surface area contributed by atoms with Crippen LogP contribution in [-0.4, -0.2) is 43.0 Å². The lowest BCUT2D eigenvalue weighted by atomic mass is 10.0. The summed E-state index contributed by atoms with van der Waals surface area (Å²) in [6.07, 6.45) is 7.33. The molecular formula is C19H24N2O3. The van der Waals surface area contributed by atoms with Crippen molar-refractivity contribution in [2.24, 2.45) is 5.92 Å². The highest BCUT2D eigenvalue weighted by molar-refractivity contribution is 5.91. The molecule has 1 unspecified atom stereocenters. The zero-order valence-corrected chi connectivity index (χ0v) is 13.9. The van der Waals surface area contributed by atoms with Gasteiger partial charge in [0.15, 0.2) is 0 Å². The molecule has 5 heteroatoms. The molecule has 1 aliphatic heterocycles. The van der Waals surface area contributed by atoms with Crippen LogP contribution in [0.4, 0.5) is 5.69 Å². The van der Waals surface area contributed by atoms with E-state index in [0.717, 1.165) is 24.1 Å². The summed E-state index contributed by atoms with van der Waals surface area (Å²) in [6, 6.07) is 7.54. The third kappa shape index (κ3) is 4.68. The van der Waals surface area contributed by atoms with Crippen LogP contribution in [-0.2, 0) is 20.7 Å². The fourth-order valence-corrected chi connectivity index (χ4v) is 3.12. The second-order valence-electron chi connectivity index (χ2n) is 6.38. The normalized spacial score (nSPS) is 20.2. The maximum absolute atomic E-state index is 12.2. The highest BCUT2D eigenvalue weighted by atomic mass is 16.5. The lowest BCUT2D eigenvalue weighted by Gasteiger charge is -2.26. The number of anilines is 1. The zero-order chi connectivity index (χ0) is 16.8. The molecule has 1 atom stereocenters. The molecular weight excluding hydrogens is 304 g/mol. The molecule has 0 spiro atoms. The van der Waals surface area contributed by atoms with Crippen molar-refractivity contribution in [2.45, 2.75) is 25.7 Å². The monoisotopic (exact) mass is 328 g/mol. The van der Waals surface area contributed by atoms with Crippen molar-refractivity contribution < 1.29 is 14.3 Å². The van der Waals surface area contributed by atoms with Crippen LogP contribution in [0.15, 0.2) is 36.4 Å². The van der Waals surface area contributed by atoms with Gasteiger partial charge in [-0.05, 0) is 36.5 Å². The van der Waals surface area contributed by atoms with Gasteiger partial charge in [0.2, 0.25) is 11.8 Å². The van der Waals surface area contributed by atoms with Crippen molar-refractivity contribution in [3.63, 3.8) is 0 Å². The number of ether oxygens (including phenoxy) is 1. The molecule has 1 fully saturated rings. The van der Waals surface area contributed by atoms with Crippen molar-refractivity contribution in [1.82, 2.24) is 4.90 Å². The first-order valence-corrected chi connectivity index (χ1v) is 8.62. The molecule has 1 saturated heterocycles. The average molecular weight is 328 g/mol. The molecule has 0 saturated carbocycles. The van der Waals surface area contributed by atoms with E-state index in [4.69, 9.17) is 4.74 Å². The van der Waals surface area contributed by atoms with Crippen molar-refractivity contribution in [3.05, 3.63) is 42.0 Å². The molecule has 1 aliphatic carbocycles. The number of carbonyl (C=O) groups excluding carboxylic acids is 2. The minimum absolute atomic E-state index is 0.0451. The lowest BCUT2D eigenvalue weighted by molar-refractivity contribution is -0.134. The summed E-state index contributed by atoms with van der Waals surface area (Å²) >= 11 is 0. The Balaban J connectivity index is 1.48. The van der Waals surface area contributed by atoms with Gasteiger partial charge in [-0.3, -0.25) is 9.59 Å². The summed E-state index contributed by atoms with van der Waals surface area (Å²) in [5.74, 6) is 0.544. The van der Waals surface area contributed by atoms with Gasteiger partial charge in [0, 0.05) is 25.2 Å². The third-order valence-corrected chi connectivity index (χ3v) is 4.52. The number of hydrogen-bond donors (Lipinski definition) is 1. The Morgan fingerprint density at radius 3 is 2.58 bits per heavy atom. The van der Waals surface area contributed by atoms with E-state index in [1.807, 2.05) is 29.2 Å². The second kappa shape index (κ2) is 8.11. The number of rotatable bonds is 5. The Bertz CT molecular complexity index is 604. The van der Waals surface area contributed by atoms with Crippen LogP contribution >= 0.6 is 0 Å². The van der Waals surface area contributed by atoms with E-state index in [0.29, 0.717) is 45.1 Å². The van der Waals surface area contributed by atoms with Crippen LogP contribution in [0, 0.1) is 5.92 Å². The second-order valence-corrected chi connectivity index (χ2v) is 6.38. The first-order chi connectivity index (χ1) is 11.7. The summed E-state index contributed by atoms with van der Waals surface area (Å²) in [6.45, 7) is 2.57. The Morgan fingerprint density at radius 1 is 1.17 bits per heavy atom. The lowest BCUT2D eigenvalue weighted by Crippen LogP contribution is -2.41. The number of nitrogens with zero attached hydrogens (tertiary/aromatic N) is 1. The Morgan fingerprint density at radius 2 is 1.92 bits per heavy atom. The third-order valence-electron chi connectivity index (χ3n) is 4.52. The summed E-state index contributed by atoms with van der Waals surface area (Å²) in [4.78, 5) is 26.1. The molecule has 24 heavy (non-hydrogen) atoms. The van der Waals surface area contributed by atoms with E-state index in [1.165, 1.54) is 0 Å². The fraction of sp³-hybridized carbons (Fsp3) is 0.474. The number of benzene rings is 1. The Labute approximate surface area is 142 Å². The molecule has 1 N–H and O–H groups in total.